The predicted octanol–water partition coefficient (Wildman–Crippen LogP) is 4.63. The molecule has 3 N–H and O–H groups in total. The molecule has 0 amide bonds. The molecule has 0 spiro atoms. The van der Waals surface area contributed by atoms with E-state index in [0.717, 1.165) is 19.8 Å². The van der Waals surface area contributed by atoms with Crippen LogP contribution in [0.15, 0.2) is 6.07 Å². The molecule has 3 saturated heterocycles. The van der Waals surface area contributed by atoms with Crippen molar-refractivity contribution in [3.63, 3.8) is 0 Å². The summed E-state index contributed by atoms with van der Waals surface area (Å²) >= 11 is 0. The third-order valence-corrected chi connectivity index (χ3v) is 8.99. The van der Waals surface area contributed by atoms with Gasteiger partial charge in [-0.15, -0.1) is 0 Å². The van der Waals surface area contributed by atoms with Gasteiger partial charge in [-0.3, -0.25) is 0 Å². The summed E-state index contributed by atoms with van der Waals surface area (Å²) in [5, 5.41) is 3.55. The summed E-state index contributed by atoms with van der Waals surface area (Å²) in [6.07, 6.45) is -5.64. The molecule has 2 bridgehead atoms. The molecule has 0 saturated carbocycles. The number of nitrogen functional groups attached to an aromatic ring is 1. The summed E-state index contributed by atoms with van der Waals surface area (Å²) < 4.78 is 118. The van der Waals surface area contributed by atoms with Crippen molar-refractivity contribution in [3.05, 3.63) is 28.8 Å². The SMILES string of the molecule is Cc1c(F)c(N)cc(-c2nc3c4c(nc(OCC5(C(F)F)COC5)nc4c2F)N2C[C@H]4CC[C@H](N4)[C@H]2CCO3)c1C(F)(F)F. The minimum atomic E-state index is -5.10. The number of hydrogen-bond donors (Lipinski definition) is 2. The van der Waals surface area contributed by atoms with Crippen molar-refractivity contribution in [1.29, 1.82) is 0 Å². The van der Waals surface area contributed by atoms with Gasteiger partial charge in [-0.2, -0.15) is 23.1 Å². The molecule has 44 heavy (non-hydrogen) atoms. The zero-order valence-corrected chi connectivity index (χ0v) is 23.3. The van der Waals surface area contributed by atoms with Crippen molar-refractivity contribution in [2.45, 2.75) is 56.9 Å². The van der Waals surface area contributed by atoms with Gasteiger partial charge in [0.2, 0.25) is 5.88 Å². The molecule has 0 radical (unpaired) electrons. The number of aromatic nitrogens is 3. The summed E-state index contributed by atoms with van der Waals surface area (Å²) in [4.78, 5) is 14.8. The third kappa shape index (κ3) is 4.47. The normalized spacial score (nSPS) is 24.0. The van der Waals surface area contributed by atoms with Crippen molar-refractivity contribution in [2.24, 2.45) is 5.41 Å². The fraction of sp³-hybridized carbons (Fsp3) is 0.536. The molecule has 2 aromatic heterocycles. The van der Waals surface area contributed by atoms with Gasteiger partial charge in [0.15, 0.2) is 5.82 Å². The molecule has 4 aliphatic rings. The quantitative estimate of drug-likeness (QED) is 0.309. The predicted molar refractivity (Wildman–Crippen MR) is 143 cm³/mol. The first-order valence-electron chi connectivity index (χ1n) is 14.1. The van der Waals surface area contributed by atoms with Gasteiger partial charge >= 0.3 is 12.2 Å². The van der Waals surface area contributed by atoms with E-state index in [1.54, 1.807) is 0 Å². The van der Waals surface area contributed by atoms with E-state index in [0.29, 0.717) is 19.0 Å². The van der Waals surface area contributed by atoms with Gasteiger partial charge in [0, 0.05) is 36.7 Å². The van der Waals surface area contributed by atoms with Crippen LogP contribution in [0, 0.1) is 24.0 Å². The van der Waals surface area contributed by atoms with E-state index in [9.17, 15) is 26.3 Å². The Hall–Kier alpha value is -3.66. The molecule has 4 aliphatic heterocycles. The van der Waals surface area contributed by atoms with Crippen LogP contribution in [-0.2, 0) is 10.9 Å². The highest BCUT2D eigenvalue weighted by Gasteiger charge is 2.49. The van der Waals surface area contributed by atoms with Crippen LogP contribution < -0.4 is 25.4 Å². The second kappa shape index (κ2) is 10.2. The number of nitrogens with one attached hydrogen (secondary N) is 1. The molecule has 16 heteroatoms. The van der Waals surface area contributed by atoms with E-state index in [2.05, 4.69) is 20.3 Å². The van der Waals surface area contributed by atoms with E-state index in [-0.39, 0.29) is 55.0 Å². The second-order valence-corrected chi connectivity index (χ2v) is 11.8. The largest absolute Gasteiger partial charge is 0.477 e. The van der Waals surface area contributed by atoms with E-state index in [1.165, 1.54) is 0 Å². The monoisotopic (exact) mass is 628 g/mol. The topological polar surface area (TPSA) is 108 Å². The minimum absolute atomic E-state index is 0.000476. The Morgan fingerprint density at radius 1 is 1.14 bits per heavy atom. The molecular formula is C28H27F7N6O3. The zero-order chi connectivity index (χ0) is 31.1. The number of piperazine rings is 1. The lowest BCUT2D eigenvalue weighted by Gasteiger charge is -2.43. The van der Waals surface area contributed by atoms with Gasteiger partial charge in [-0.25, -0.2) is 22.5 Å². The maximum atomic E-state index is 16.6. The fourth-order valence-electron chi connectivity index (χ4n) is 6.64. The second-order valence-electron chi connectivity index (χ2n) is 11.8. The molecule has 3 fully saturated rings. The molecule has 3 atom stereocenters. The van der Waals surface area contributed by atoms with Crippen molar-refractivity contribution in [2.75, 3.05) is 43.6 Å². The standard InChI is InChI=1S/C28H27F7N6O3/c1-11-18(28(33,34)35)13(6-14(36)19(11)29)21-20(30)22-17-23(40-26(39-22)44-10-27(25(31)32)8-42-9-27)41-7-12-2-3-15(37-12)16(41)4-5-43-24(17)38-21/h6,12,15-16,25,37H,2-5,7-10,36H2,1H3/t12-,15+,16-/m1/s1. The van der Waals surface area contributed by atoms with E-state index >= 15 is 4.39 Å². The highest BCUT2D eigenvalue weighted by molar-refractivity contribution is 5.97. The number of nitrogens with zero attached hydrogens (tertiary/aromatic N) is 4. The van der Waals surface area contributed by atoms with Crippen LogP contribution in [0.25, 0.3) is 22.2 Å². The highest BCUT2D eigenvalue weighted by atomic mass is 19.4. The summed E-state index contributed by atoms with van der Waals surface area (Å²) in [6, 6.07) is 0.251. The fourth-order valence-corrected chi connectivity index (χ4v) is 6.64. The maximum absolute atomic E-state index is 16.6. The lowest BCUT2D eigenvalue weighted by molar-refractivity contribution is -0.199. The number of anilines is 2. The first-order valence-corrected chi connectivity index (χ1v) is 14.1. The minimum Gasteiger partial charge on any atom is -0.477 e. The number of halogens is 7. The van der Waals surface area contributed by atoms with Crippen molar-refractivity contribution < 1.29 is 44.9 Å². The number of hydrogen-bond acceptors (Lipinski definition) is 9. The van der Waals surface area contributed by atoms with Crippen LogP contribution in [0.5, 0.6) is 11.9 Å². The number of ether oxygens (including phenoxy) is 3. The molecule has 3 aromatic rings. The van der Waals surface area contributed by atoms with Gasteiger partial charge < -0.3 is 30.2 Å². The Bertz CT molecular complexity index is 1650. The molecule has 7 rings (SSSR count). The van der Waals surface area contributed by atoms with Gasteiger partial charge in [0.05, 0.1) is 31.1 Å². The summed E-state index contributed by atoms with van der Waals surface area (Å²) in [6.45, 7) is 0.390. The van der Waals surface area contributed by atoms with Crippen LogP contribution in [-0.4, -0.2) is 72.5 Å². The van der Waals surface area contributed by atoms with Crippen molar-refractivity contribution in [1.82, 2.24) is 20.3 Å². The van der Waals surface area contributed by atoms with E-state index in [1.807, 2.05) is 4.90 Å². The first-order chi connectivity index (χ1) is 20.9. The smallest absolute Gasteiger partial charge is 0.417 e. The lowest BCUT2D eigenvalue weighted by atomic mass is 9.88. The van der Waals surface area contributed by atoms with Crippen molar-refractivity contribution >= 4 is 22.4 Å². The summed E-state index contributed by atoms with van der Waals surface area (Å²) in [5.41, 5.74) is -0.961. The average Bonchev–Trinajstić information content (AvgIpc) is 3.32. The number of rotatable bonds is 5. The Labute approximate surface area is 245 Å². The van der Waals surface area contributed by atoms with Gasteiger partial charge in [0.25, 0.3) is 6.43 Å². The number of nitrogens with two attached hydrogens (primary N) is 1. The summed E-state index contributed by atoms with van der Waals surface area (Å²) in [5.74, 6) is -2.64. The average molecular weight is 629 g/mol. The highest BCUT2D eigenvalue weighted by Crippen LogP contribution is 2.46. The Kier molecular flexibility index (Phi) is 6.73. The molecule has 6 heterocycles. The van der Waals surface area contributed by atoms with Crippen LogP contribution in [0.1, 0.15) is 30.4 Å². The molecule has 9 nitrogen and oxygen atoms in total. The van der Waals surface area contributed by atoms with Gasteiger partial charge in [-0.1, -0.05) is 0 Å². The molecule has 236 valence electrons. The first kappa shape index (κ1) is 29.1. The molecule has 1 aromatic carbocycles. The lowest BCUT2D eigenvalue weighted by Crippen LogP contribution is -2.59. The van der Waals surface area contributed by atoms with E-state index in [4.69, 9.17) is 19.9 Å². The van der Waals surface area contributed by atoms with Crippen LogP contribution in [0.3, 0.4) is 0 Å². The number of benzene rings is 1. The molecule has 0 aliphatic carbocycles. The number of fused-ring (bicyclic) bond motifs is 5. The third-order valence-electron chi connectivity index (χ3n) is 8.99. The van der Waals surface area contributed by atoms with Crippen LogP contribution in [0.4, 0.5) is 42.2 Å². The Morgan fingerprint density at radius 3 is 2.59 bits per heavy atom. The number of pyridine rings is 1. The molecular weight excluding hydrogens is 601 g/mol. The Morgan fingerprint density at radius 2 is 1.91 bits per heavy atom. The Balaban J connectivity index is 1.46. The van der Waals surface area contributed by atoms with Crippen molar-refractivity contribution in [3.8, 4) is 23.1 Å². The zero-order valence-electron chi connectivity index (χ0n) is 23.3. The van der Waals surface area contributed by atoms with Crippen LogP contribution in [0.2, 0.25) is 0 Å². The van der Waals surface area contributed by atoms with E-state index < -0.39 is 75.9 Å². The van der Waals surface area contributed by atoms with Gasteiger partial charge in [0.1, 0.15) is 40.3 Å². The van der Waals surface area contributed by atoms with Crippen LogP contribution >= 0.6 is 0 Å². The molecule has 0 unspecified atom stereocenters. The number of alkyl halides is 5. The van der Waals surface area contributed by atoms with Gasteiger partial charge in [-0.05, 0) is 31.4 Å². The summed E-state index contributed by atoms with van der Waals surface area (Å²) in [7, 11) is 0. The maximum Gasteiger partial charge on any atom is 0.417 e.